The predicted octanol–water partition coefficient (Wildman–Crippen LogP) is 1.96. The van der Waals surface area contributed by atoms with Crippen LogP contribution < -0.4 is 10.6 Å². The van der Waals surface area contributed by atoms with Gasteiger partial charge < -0.3 is 15.7 Å². The van der Waals surface area contributed by atoms with Crippen molar-refractivity contribution in [1.29, 1.82) is 0 Å². The first-order valence-electron chi connectivity index (χ1n) is 7.31. The number of aliphatic hydroxyl groups is 1. The standard InChI is InChI=1S/C16H23N3O2/c1-3-9-17-15(21)12-6-7-14(18-10-12)19-13-5-4-8-16(13,2)11-20/h3,6-7,10,13,20H,1,4-5,8-9,11H2,2H3,(H,17,21)(H,18,19)/t13-,16+/m1/s1. The first-order valence-corrected chi connectivity index (χ1v) is 7.31. The number of nitrogens with one attached hydrogen (secondary N) is 2. The van der Waals surface area contributed by atoms with Crippen LogP contribution in [0.2, 0.25) is 0 Å². The Kier molecular flexibility index (Phi) is 4.96. The minimum absolute atomic E-state index is 0.0955. The van der Waals surface area contributed by atoms with Crippen molar-refractivity contribution < 1.29 is 9.90 Å². The highest BCUT2D eigenvalue weighted by atomic mass is 16.3. The van der Waals surface area contributed by atoms with Gasteiger partial charge in [-0.3, -0.25) is 4.79 Å². The van der Waals surface area contributed by atoms with Crippen LogP contribution in [0.25, 0.3) is 0 Å². The maximum Gasteiger partial charge on any atom is 0.253 e. The first kappa shape index (κ1) is 15.5. The fourth-order valence-electron chi connectivity index (χ4n) is 2.73. The van der Waals surface area contributed by atoms with E-state index in [4.69, 9.17) is 0 Å². The van der Waals surface area contributed by atoms with Crippen molar-refractivity contribution in [3.05, 3.63) is 36.5 Å². The molecule has 1 saturated carbocycles. The number of hydrogen-bond acceptors (Lipinski definition) is 4. The number of amides is 1. The second kappa shape index (κ2) is 6.72. The molecule has 0 spiro atoms. The van der Waals surface area contributed by atoms with E-state index in [1.165, 1.54) is 0 Å². The second-order valence-electron chi connectivity index (χ2n) is 5.83. The Morgan fingerprint density at radius 1 is 1.62 bits per heavy atom. The summed E-state index contributed by atoms with van der Waals surface area (Å²) >= 11 is 0. The van der Waals surface area contributed by atoms with Gasteiger partial charge in [0.25, 0.3) is 5.91 Å². The molecule has 5 heteroatoms. The zero-order valence-corrected chi connectivity index (χ0v) is 12.4. The zero-order chi connectivity index (χ0) is 15.3. The lowest BCUT2D eigenvalue weighted by Gasteiger charge is -2.30. The van der Waals surface area contributed by atoms with Gasteiger partial charge in [-0.2, -0.15) is 0 Å². The number of aliphatic hydroxyl groups excluding tert-OH is 1. The number of nitrogens with zero attached hydrogens (tertiary/aromatic N) is 1. The maximum atomic E-state index is 11.8. The van der Waals surface area contributed by atoms with E-state index in [1.807, 2.05) is 0 Å². The van der Waals surface area contributed by atoms with Gasteiger partial charge in [0.2, 0.25) is 0 Å². The van der Waals surface area contributed by atoms with Crippen LogP contribution in [0.1, 0.15) is 36.5 Å². The largest absolute Gasteiger partial charge is 0.396 e. The number of pyridine rings is 1. The van der Waals surface area contributed by atoms with E-state index in [0.29, 0.717) is 12.1 Å². The SMILES string of the molecule is C=CCNC(=O)c1ccc(N[C@@H]2CCC[C@@]2(C)CO)nc1. The summed E-state index contributed by atoms with van der Waals surface area (Å²) in [5.74, 6) is 0.580. The third kappa shape index (κ3) is 3.61. The number of anilines is 1. The molecule has 0 unspecified atom stereocenters. The molecule has 1 aliphatic rings. The third-order valence-electron chi connectivity index (χ3n) is 4.20. The predicted molar refractivity (Wildman–Crippen MR) is 83.2 cm³/mol. The summed E-state index contributed by atoms with van der Waals surface area (Å²) in [5, 5.41) is 15.6. The fourth-order valence-corrected chi connectivity index (χ4v) is 2.73. The van der Waals surface area contributed by atoms with Gasteiger partial charge in [0.1, 0.15) is 5.82 Å². The van der Waals surface area contributed by atoms with Crippen LogP contribution in [0.3, 0.4) is 0 Å². The summed E-state index contributed by atoms with van der Waals surface area (Å²) in [6.07, 6.45) is 6.35. The lowest BCUT2D eigenvalue weighted by atomic mass is 9.86. The molecule has 114 valence electrons. The van der Waals surface area contributed by atoms with E-state index in [1.54, 1.807) is 24.4 Å². The quantitative estimate of drug-likeness (QED) is 0.700. The Hall–Kier alpha value is -1.88. The molecule has 1 amide bonds. The van der Waals surface area contributed by atoms with E-state index in [2.05, 4.69) is 29.1 Å². The van der Waals surface area contributed by atoms with Gasteiger partial charge in [-0.25, -0.2) is 4.98 Å². The summed E-state index contributed by atoms with van der Waals surface area (Å²) in [4.78, 5) is 16.0. The van der Waals surface area contributed by atoms with Gasteiger partial charge in [-0.15, -0.1) is 6.58 Å². The van der Waals surface area contributed by atoms with Gasteiger partial charge in [0.15, 0.2) is 0 Å². The highest BCUT2D eigenvalue weighted by Gasteiger charge is 2.38. The van der Waals surface area contributed by atoms with E-state index >= 15 is 0 Å². The number of hydrogen-bond donors (Lipinski definition) is 3. The monoisotopic (exact) mass is 289 g/mol. The smallest absolute Gasteiger partial charge is 0.253 e. The van der Waals surface area contributed by atoms with Crippen LogP contribution in [-0.4, -0.2) is 35.2 Å². The van der Waals surface area contributed by atoms with Crippen LogP contribution in [0.4, 0.5) is 5.82 Å². The van der Waals surface area contributed by atoms with Crippen LogP contribution in [0.15, 0.2) is 31.0 Å². The Morgan fingerprint density at radius 2 is 2.43 bits per heavy atom. The Balaban J connectivity index is 1.99. The van der Waals surface area contributed by atoms with Crippen molar-refractivity contribution in [2.75, 3.05) is 18.5 Å². The number of carbonyl (C=O) groups excluding carboxylic acids is 1. The van der Waals surface area contributed by atoms with Crippen LogP contribution >= 0.6 is 0 Å². The van der Waals surface area contributed by atoms with E-state index in [-0.39, 0.29) is 24.0 Å². The topological polar surface area (TPSA) is 74.2 Å². The second-order valence-corrected chi connectivity index (χ2v) is 5.83. The molecule has 2 atom stereocenters. The Bertz CT molecular complexity index is 501. The molecular weight excluding hydrogens is 266 g/mol. The molecule has 5 nitrogen and oxygen atoms in total. The van der Waals surface area contributed by atoms with E-state index < -0.39 is 0 Å². The molecule has 1 heterocycles. The Labute approximate surface area is 125 Å². The molecule has 1 fully saturated rings. The molecule has 0 saturated heterocycles. The summed E-state index contributed by atoms with van der Waals surface area (Å²) in [5.41, 5.74) is 0.431. The highest BCUT2D eigenvalue weighted by molar-refractivity contribution is 5.94. The maximum absolute atomic E-state index is 11.8. The van der Waals surface area contributed by atoms with Crippen LogP contribution in [-0.2, 0) is 0 Å². The van der Waals surface area contributed by atoms with Gasteiger partial charge in [-0.1, -0.05) is 19.4 Å². The normalized spacial score (nSPS) is 24.6. The van der Waals surface area contributed by atoms with E-state index in [9.17, 15) is 9.90 Å². The highest BCUT2D eigenvalue weighted by Crippen LogP contribution is 2.38. The summed E-state index contributed by atoms with van der Waals surface area (Å²) in [7, 11) is 0. The molecule has 1 aromatic rings. The molecule has 0 aliphatic heterocycles. The summed E-state index contributed by atoms with van der Waals surface area (Å²) in [6.45, 7) is 6.26. The van der Waals surface area contributed by atoms with Crippen molar-refractivity contribution in [2.24, 2.45) is 5.41 Å². The summed E-state index contributed by atoms with van der Waals surface area (Å²) in [6, 6.07) is 3.77. The molecule has 0 bridgehead atoms. The molecule has 1 aromatic heterocycles. The Morgan fingerprint density at radius 3 is 3.05 bits per heavy atom. The van der Waals surface area contributed by atoms with Crippen molar-refractivity contribution in [2.45, 2.75) is 32.2 Å². The van der Waals surface area contributed by atoms with Gasteiger partial charge in [0.05, 0.1) is 12.2 Å². The third-order valence-corrected chi connectivity index (χ3v) is 4.20. The van der Waals surface area contributed by atoms with Gasteiger partial charge in [-0.05, 0) is 25.0 Å². The molecule has 0 aromatic carbocycles. The van der Waals surface area contributed by atoms with Crippen molar-refractivity contribution in [1.82, 2.24) is 10.3 Å². The van der Waals surface area contributed by atoms with Crippen molar-refractivity contribution in [3.63, 3.8) is 0 Å². The minimum Gasteiger partial charge on any atom is -0.396 e. The van der Waals surface area contributed by atoms with Gasteiger partial charge in [0, 0.05) is 24.2 Å². The molecular formula is C16H23N3O2. The molecule has 21 heavy (non-hydrogen) atoms. The summed E-state index contributed by atoms with van der Waals surface area (Å²) < 4.78 is 0. The molecule has 3 N–H and O–H groups in total. The fraction of sp³-hybridized carbons (Fsp3) is 0.500. The molecule has 0 radical (unpaired) electrons. The van der Waals surface area contributed by atoms with Crippen LogP contribution in [0.5, 0.6) is 0 Å². The average Bonchev–Trinajstić information content (AvgIpc) is 2.87. The minimum atomic E-state index is -0.157. The van der Waals surface area contributed by atoms with Crippen molar-refractivity contribution in [3.8, 4) is 0 Å². The lowest BCUT2D eigenvalue weighted by Crippen LogP contribution is -2.36. The zero-order valence-electron chi connectivity index (χ0n) is 12.4. The molecule has 2 rings (SSSR count). The first-order chi connectivity index (χ1) is 10.1. The van der Waals surface area contributed by atoms with Crippen LogP contribution in [0, 0.1) is 5.41 Å². The van der Waals surface area contributed by atoms with Crippen molar-refractivity contribution >= 4 is 11.7 Å². The average molecular weight is 289 g/mol. The van der Waals surface area contributed by atoms with Gasteiger partial charge >= 0.3 is 0 Å². The molecule has 1 aliphatic carbocycles. The number of rotatable bonds is 6. The number of carbonyl (C=O) groups is 1. The lowest BCUT2D eigenvalue weighted by molar-refractivity contribution is 0.0957. The van der Waals surface area contributed by atoms with E-state index in [0.717, 1.165) is 25.1 Å². The number of aromatic nitrogens is 1.